The first-order valence-corrected chi connectivity index (χ1v) is 9.78. The molecule has 0 aliphatic heterocycles. The van der Waals surface area contributed by atoms with E-state index in [2.05, 4.69) is 32.6 Å². The molecule has 8 nitrogen and oxygen atoms in total. The molecule has 0 spiro atoms. The van der Waals surface area contributed by atoms with E-state index >= 15 is 0 Å². The number of rotatable bonds is 7. The van der Waals surface area contributed by atoms with E-state index in [4.69, 9.17) is 4.74 Å². The van der Waals surface area contributed by atoms with Crippen LogP contribution in [-0.4, -0.2) is 31.2 Å². The van der Waals surface area contributed by atoms with E-state index in [9.17, 15) is 4.79 Å². The van der Waals surface area contributed by atoms with Gasteiger partial charge in [0.1, 0.15) is 5.69 Å². The van der Waals surface area contributed by atoms with Gasteiger partial charge in [-0.1, -0.05) is 6.07 Å². The lowest BCUT2D eigenvalue weighted by Crippen LogP contribution is -2.24. The lowest BCUT2D eigenvalue weighted by molar-refractivity contribution is 0.278. The average molecular weight is 394 g/mol. The summed E-state index contributed by atoms with van der Waals surface area (Å²) in [5.74, 6) is 1.31. The Bertz CT molecular complexity index is 1070. The van der Waals surface area contributed by atoms with Crippen molar-refractivity contribution >= 4 is 5.69 Å². The Morgan fingerprint density at radius 1 is 1.17 bits per heavy atom. The number of pyridine rings is 1. The molecule has 1 aliphatic rings. The Morgan fingerprint density at radius 3 is 2.69 bits per heavy atom. The molecule has 0 aromatic carbocycles. The van der Waals surface area contributed by atoms with Crippen molar-refractivity contribution in [2.24, 2.45) is 20.0 Å². The molecule has 0 bridgehead atoms. The molecule has 1 N–H and O–H groups in total. The molecule has 3 aromatic heterocycles. The maximum atomic E-state index is 12.4. The van der Waals surface area contributed by atoms with Gasteiger partial charge in [-0.2, -0.15) is 5.10 Å². The highest BCUT2D eigenvalue weighted by Crippen LogP contribution is 2.46. The van der Waals surface area contributed by atoms with E-state index < -0.39 is 0 Å². The third kappa shape index (κ3) is 4.31. The Labute approximate surface area is 169 Å². The topological polar surface area (TPSA) is 86.9 Å². The fourth-order valence-electron chi connectivity index (χ4n) is 3.48. The van der Waals surface area contributed by atoms with Crippen LogP contribution in [0.5, 0.6) is 5.88 Å². The van der Waals surface area contributed by atoms with Crippen LogP contribution in [0.1, 0.15) is 35.0 Å². The normalized spacial score (nSPS) is 17.9. The fourth-order valence-corrected chi connectivity index (χ4v) is 3.48. The minimum Gasteiger partial charge on any atom is -0.476 e. The molecule has 3 heterocycles. The molecular formula is C21H26N6O2. The Hall–Kier alpha value is -3.16. The summed E-state index contributed by atoms with van der Waals surface area (Å²) < 4.78 is 9.01. The van der Waals surface area contributed by atoms with Gasteiger partial charge >= 0.3 is 0 Å². The van der Waals surface area contributed by atoms with E-state index in [1.807, 2.05) is 33.2 Å². The van der Waals surface area contributed by atoms with Crippen LogP contribution in [0.15, 0.2) is 35.3 Å². The Morgan fingerprint density at radius 2 is 2.00 bits per heavy atom. The predicted molar refractivity (Wildman–Crippen MR) is 110 cm³/mol. The molecule has 3 aromatic rings. The number of aromatic nitrogens is 5. The van der Waals surface area contributed by atoms with E-state index in [1.54, 1.807) is 17.8 Å². The zero-order chi connectivity index (χ0) is 20.5. The van der Waals surface area contributed by atoms with Crippen LogP contribution < -0.4 is 15.6 Å². The third-order valence-corrected chi connectivity index (χ3v) is 5.28. The van der Waals surface area contributed by atoms with Crippen LogP contribution in [0.3, 0.4) is 0 Å². The first-order valence-electron chi connectivity index (χ1n) is 9.78. The smallest absolute Gasteiger partial charge is 0.290 e. The summed E-state index contributed by atoms with van der Waals surface area (Å²) in [6, 6.07) is 7.84. The van der Waals surface area contributed by atoms with Crippen molar-refractivity contribution in [2.75, 3.05) is 11.9 Å². The molecule has 2 atom stereocenters. The van der Waals surface area contributed by atoms with Crippen molar-refractivity contribution in [3.63, 3.8) is 0 Å². The number of nitrogens with one attached hydrogen (secondary N) is 1. The quantitative estimate of drug-likeness (QED) is 0.662. The van der Waals surface area contributed by atoms with Gasteiger partial charge in [-0.15, -0.1) is 5.10 Å². The largest absolute Gasteiger partial charge is 0.476 e. The molecule has 1 fully saturated rings. The maximum absolute atomic E-state index is 12.4. The minimum absolute atomic E-state index is 0.190. The van der Waals surface area contributed by atoms with Gasteiger partial charge in [0.25, 0.3) is 5.56 Å². The minimum atomic E-state index is -0.190. The van der Waals surface area contributed by atoms with Crippen molar-refractivity contribution in [3.8, 4) is 5.88 Å². The van der Waals surface area contributed by atoms with Gasteiger partial charge in [-0.3, -0.25) is 14.5 Å². The number of hydrogen-bond acceptors (Lipinski definition) is 6. The van der Waals surface area contributed by atoms with E-state index in [-0.39, 0.29) is 5.56 Å². The average Bonchev–Trinajstić information content (AvgIpc) is 3.39. The van der Waals surface area contributed by atoms with Gasteiger partial charge < -0.3 is 10.1 Å². The van der Waals surface area contributed by atoms with Gasteiger partial charge in [-0.05, 0) is 38.0 Å². The van der Waals surface area contributed by atoms with Gasteiger partial charge in [0, 0.05) is 43.9 Å². The molecule has 8 heteroatoms. The molecule has 1 unspecified atom stereocenters. The van der Waals surface area contributed by atoms with E-state index in [0.717, 1.165) is 29.1 Å². The molecular weight excluding hydrogens is 368 g/mol. The summed E-state index contributed by atoms with van der Waals surface area (Å²) in [6.07, 6.45) is 2.97. The van der Waals surface area contributed by atoms with Crippen LogP contribution >= 0.6 is 0 Å². The molecule has 4 rings (SSSR count). The summed E-state index contributed by atoms with van der Waals surface area (Å²) in [7, 11) is 3.52. The lowest BCUT2D eigenvalue weighted by Gasteiger charge is -2.11. The van der Waals surface area contributed by atoms with Crippen molar-refractivity contribution in [2.45, 2.75) is 32.7 Å². The summed E-state index contributed by atoms with van der Waals surface area (Å²) in [6.45, 7) is 5.04. The zero-order valence-electron chi connectivity index (χ0n) is 17.2. The van der Waals surface area contributed by atoms with Crippen LogP contribution in [0.25, 0.3) is 0 Å². The number of nitrogens with zero attached hydrogens (tertiary/aromatic N) is 5. The van der Waals surface area contributed by atoms with Gasteiger partial charge in [0.15, 0.2) is 0 Å². The highest BCUT2D eigenvalue weighted by Gasteiger charge is 2.40. The highest BCUT2D eigenvalue weighted by molar-refractivity contribution is 5.43. The second-order valence-electron chi connectivity index (χ2n) is 7.75. The Balaban J connectivity index is 1.39. The Kier molecular flexibility index (Phi) is 5.08. The predicted octanol–water partition coefficient (Wildman–Crippen LogP) is 2.32. The molecule has 1 aliphatic carbocycles. The van der Waals surface area contributed by atoms with Crippen molar-refractivity contribution in [3.05, 3.63) is 63.5 Å². The monoisotopic (exact) mass is 394 g/mol. The van der Waals surface area contributed by atoms with Crippen molar-refractivity contribution < 1.29 is 4.74 Å². The summed E-state index contributed by atoms with van der Waals surface area (Å²) in [5, 5.41) is 11.7. The fraction of sp³-hybridized carbons (Fsp3) is 0.429. The number of ether oxygens (including phenoxy) is 1. The maximum Gasteiger partial charge on any atom is 0.290 e. The standard InChI is InChI=1S/C21H26N6O2/c1-13-5-6-18(22-10-13)17-8-15(17)12-29-20-9-19(21(28)27(4)25-20)23-11-16-7-14(2)24-26(16)3/h5-7,9-10,15,17,23H,8,11-12H2,1-4H3/t15?,17-/m1/s1. The zero-order valence-corrected chi connectivity index (χ0v) is 17.2. The molecule has 29 heavy (non-hydrogen) atoms. The SMILES string of the molecule is Cc1ccc([C@@H]2CC2COc2cc(NCc3cc(C)nn3C)c(=O)n(C)n2)nc1. The molecule has 1 saturated carbocycles. The first-order chi connectivity index (χ1) is 13.9. The lowest BCUT2D eigenvalue weighted by atomic mass is 10.2. The molecule has 0 amide bonds. The van der Waals surface area contributed by atoms with E-state index in [1.165, 1.54) is 4.68 Å². The van der Waals surface area contributed by atoms with Crippen LogP contribution in [-0.2, 0) is 20.6 Å². The number of anilines is 1. The van der Waals surface area contributed by atoms with Crippen molar-refractivity contribution in [1.82, 2.24) is 24.5 Å². The number of hydrogen-bond donors (Lipinski definition) is 1. The summed E-state index contributed by atoms with van der Waals surface area (Å²) in [4.78, 5) is 16.9. The van der Waals surface area contributed by atoms with Crippen LogP contribution in [0, 0.1) is 19.8 Å². The third-order valence-electron chi connectivity index (χ3n) is 5.28. The van der Waals surface area contributed by atoms with Crippen LogP contribution in [0.4, 0.5) is 5.69 Å². The van der Waals surface area contributed by atoms with Gasteiger partial charge in [-0.25, -0.2) is 4.68 Å². The number of aryl methyl sites for hydroxylation is 4. The summed E-state index contributed by atoms with van der Waals surface area (Å²) in [5.41, 5.74) is 4.49. The molecule has 0 radical (unpaired) electrons. The van der Waals surface area contributed by atoms with Crippen LogP contribution in [0.2, 0.25) is 0 Å². The highest BCUT2D eigenvalue weighted by atomic mass is 16.5. The second kappa shape index (κ2) is 7.69. The summed E-state index contributed by atoms with van der Waals surface area (Å²) >= 11 is 0. The van der Waals surface area contributed by atoms with Gasteiger partial charge in [0.05, 0.1) is 24.5 Å². The second-order valence-corrected chi connectivity index (χ2v) is 7.75. The van der Waals surface area contributed by atoms with Gasteiger partial charge in [0.2, 0.25) is 5.88 Å². The molecule has 152 valence electrons. The van der Waals surface area contributed by atoms with Crippen molar-refractivity contribution in [1.29, 1.82) is 0 Å². The first kappa shape index (κ1) is 19.2. The van der Waals surface area contributed by atoms with E-state index in [0.29, 0.717) is 36.6 Å². The molecule has 0 saturated heterocycles.